The number of nitrogens with zero attached hydrogens (tertiary/aromatic N) is 2. The van der Waals surface area contributed by atoms with Crippen LogP contribution in [0.2, 0.25) is 0 Å². The van der Waals surface area contributed by atoms with Crippen LogP contribution in [0.5, 0.6) is 5.88 Å². The molecular weight excluding hydrogens is 292 g/mol. The van der Waals surface area contributed by atoms with Crippen LogP contribution in [0.3, 0.4) is 0 Å². The van der Waals surface area contributed by atoms with Crippen LogP contribution in [-0.2, 0) is 9.53 Å². The maximum Gasteiger partial charge on any atom is 0.233 e. The van der Waals surface area contributed by atoms with Gasteiger partial charge in [0.05, 0.1) is 35.6 Å². The van der Waals surface area contributed by atoms with Crippen molar-refractivity contribution >= 4 is 11.6 Å². The van der Waals surface area contributed by atoms with Crippen molar-refractivity contribution in [2.75, 3.05) is 18.1 Å². The van der Waals surface area contributed by atoms with Gasteiger partial charge in [-0.1, -0.05) is 0 Å². The third-order valence-electron chi connectivity index (χ3n) is 5.57. The van der Waals surface area contributed by atoms with Gasteiger partial charge in [0, 0.05) is 12.6 Å². The zero-order chi connectivity index (χ0) is 16.1. The van der Waals surface area contributed by atoms with Crippen molar-refractivity contribution in [1.29, 1.82) is 0 Å². The second-order valence-corrected chi connectivity index (χ2v) is 7.48. The van der Waals surface area contributed by atoms with Gasteiger partial charge in [0.25, 0.3) is 0 Å². The van der Waals surface area contributed by atoms with Crippen LogP contribution in [0.25, 0.3) is 0 Å². The van der Waals surface area contributed by atoms with E-state index in [4.69, 9.17) is 9.47 Å². The summed E-state index contributed by atoms with van der Waals surface area (Å²) in [4.78, 5) is 19.2. The smallest absolute Gasteiger partial charge is 0.233 e. The van der Waals surface area contributed by atoms with Crippen LogP contribution in [-0.4, -0.2) is 35.7 Å². The van der Waals surface area contributed by atoms with Crippen molar-refractivity contribution in [3.05, 3.63) is 18.3 Å². The molecule has 1 aromatic rings. The summed E-state index contributed by atoms with van der Waals surface area (Å²) in [5.74, 6) is 0.878. The van der Waals surface area contributed by atoms with Crippen LogP contribution in [0.4, 0.5) is 5.69 Å². The quantitative estimate of drug-likeness (QED) is 0.805. The molecule has 1 aromatic heterocycles. The molecule has 0 aromatic carbocycles. The fraction of sp³-hybridized carbons (Fsp3) is 0.667. The molecule has 0 atom stereocenters. The molecule has 124 valence electrons. The van der Waals surface area contributed by atoms with E-state index in [-0.39, 0.29) is 23.0 Å². The highest BCUT2D eigenvalue weighted by Crippen LogP contribution is 2.53. The maximum absolute atomic E-state index is 13.0. The van der Waals surface area contributed by atoms with E-state index in [2.05, 4.69) is 4.98 Å². The Kier molecular flexibility index (Phi) is 3.38. The molecule has 2 saturated heterocycles. The van der Waals surface area contributed by atoms with E-state index in [1.807, 2.05) is 30.9 Å². The maximum atomic E-state index is 13.0. The van der Waals surface area contributed by atoms with Crippen molar-refractivity contribution in [3.8, 4) is 5.88 Å². The summed E-state index contributed by atoms with van der Waals surface area (Å²) in [5.41, 5.74) is 0.853. The van der Waals surface area contributed by atoms with Crippen LogP contribution < -0.4 is 9.64 Å². The first-order valence-corrected chi connectivity index (χ1v) is 8.61. The molecule has 5 heteroatoms. The second-order valence-electron chi connectivity index (χ2n) is 7.48. The number of carbonyl (C=O) groups is 1. The molecular formula is C18H24N2O3. The molecule has 2 spiro atoms. The van der Waals surface area contributed by atoms with E-state index in [1.165, 1.54) is 0 Å². The summed E-state index contributed by atoms with van der Waals surface area (Å²) in [6.07, 6.45) is 6.80. The first-order chi connectivity index (χ1) is 11.0. The lowest BCUT2D eigenvalue weighted by Gasteiger charge is -2.34. The Bertz CT molecular complexity index is 597. The molecule has 5 nitrogen and oxygen atoms in total. The van der Waals surface area contributed by atoms with E-state index >= 15 is 0 Å². The van der Waals surface area contributed by atoms with E-state index < -0.39 is 0 Å². The number of epoxide rings is 1. The minimum absolute atomic E-state index is 0.101. The van der Waals surface area contributed by atoms with Gasteiger partial charge in [-0.2, -0.15) is 0 Å². The number of ether oxygens (including phenoxy) is 2. The molecule has 1 aliphatic carbocycles. The highest BCUT2D eigenvalue weighted by atomic mass is 16.6. The third-order valence-corrected chi connectivity index (χ3v) is 5.57. The Morgan fingerprint density at radius 1 is 1.22 bits per heavy atom. The van der Waals surface area contributed by atoms with Gasteiger partial charge in [0.1, 0.15) is 0 Å². The molecule has 0 bridgehead atoms. The van der Waals surface area contributed by atoms with Gasteiger partial charge in [-0.25, -0.2) is 4.98 Å². The van der Waals surface area contributed by atoms with Gasteiger partial charge >= 0.3 is 0 Å². The molecule has 23 heavy (non-hydrogen) atoms. The first kappa shape index (κ1) is 14.9. The number of hydrogen-bond donors (Lipinski definition) is 0. The topological polar surface area (TPSA) is 55.0 Å². The number of aromatic nitrogens is 1. The highest BCUT2D eigenvalue weighted by molar-refractivity contribution is 5.99. The molecule has 1 saturated carbocycles. The average Bonchev–Trinajstić information content (AvgIpc) is 3.23. The lowest BCUT2D eigenvalue weighted by molar-refractivity contribution is -0.127. The number of hydrogen-bond acceptors (Lipinski definition) is 4. The van der Waals surface area contributed by atoms with Crippen molar-refractivity contribution in [3.63, 3.8) is 0 Å². The van der Waals surface area contributed by atoms with Gasteiger partial charge in [-0.3, -0.25) is 4.79 Å². The number of anilines is 1. The van der Waals surface area contributed by atoms with Crippen molar-refractivity contribution in [1.82, 2.24) is 4.98 Å². The summed E-state index contributed by atoms with van der Waals surface area (Å²) >= 11 is 0. The van der Waals surface area contributed by atoms with Crippen LogP contribution in [0, 0.1) is 5.41 Å². The number of amides is 1. The van der Waals surface area contributed by atoms with Crippen molar-refractivity contribution in [2.24, 2.45) is 5.41 Å². The molecule has 0 unspecified atom stereocenters. The van der Waals surface area contributed by atoms with Gasteiger partial charge in [0.2, 0.25) is 11.8 Å². The lowest BCUT2D eigenvalue weighted by atomic mass is 9.69. The van der Waals surface area contributed by atoms with E-state index in [0.29, 0.717) is 5.88 Å². The predicted octanol–water partition coefficient (Wildman–Crippen LogP) is 2.93. The van der Waals surface area contributed by atoms with E-state index in [0.717, 1.165) is 50.9 Å². The molecule has 1 amide bonds. The summed E-state index contributed by atoms with van der Waals surface area (Å²) < 4.78 is 11.2. The number of carbonyl (C=O) groups excluding carboxylic acids is 1. The summed E-state index contributed by atoms with van der Waals surface area (Å²) in [7, 11) is 0. The number of rotatable bonds is 3. The molecule has 2 aliphatic heterocycles. The molecule has 4 rings (SSSR count). The molecule has 0 radical (unpaired) electrons. The Hall–Kier alpha value is -1.62. The van der Waals surface area contributed by atoms with E-state index in [1.54, 1.807) is 6.20 Å². The fourth-order valence-electron chi connectivity index (χ4n) is 3.95. The van der Waals surface area contributed by atoms with Crippen molar-refractivity contribution < 1.29 is 14.3 Å². The van der Waals surface area contributed by atoms with Crippen LogP contribution in [0.15, 0.2) is 18.3 Å². The zero-order valence-electron chi connectivity index (χ0n) is 13.9. The fourth-order valence-corrected chi connectivity index (χ4v) is 3.95. The van der Waals surface area contributed by atoms with Gasteiger partial charge < -0.3 is 14.4 Å². The van der Waals surface area contributed by atoms with Crippen LogP contribution >= 0.6 is 0 Å². The SMILES string of the molecule is CC(C)Oc1ccc(N2CC[C@]3(CC[C@@]4(CC3)CO4)C2=O)cn1. The highest BCUT2D eigenvalue weighted by Gasteiger charge is 2.56. The Balaban J connectivity index is 1.47. The molecule has 3 aliphatic rings. The van der Waals surface area contributed by atoms with Crippen LogP contribution in [0.1, 0.15) is 46.0 Å². The Morgan fingerprint density at radius 3 is 2.52 bits per heavy atom. The van der Waals surface area contributed by atoms with Gasteiger partial charge in [0.15, 0.2) is 0 Å². The Morgan fingerprint density at radius 2 is 1.96 bits per heavy atom. The first-order valence-electron chi connectivity index (χ1n) is 8.61. The summed E-state index contributed by atoms with van der Waals surface area (Å²) in [6, 6.07) is 3.79. The zero-order valence-corrected chi connectivity index (χ0v) is 13.9. The van der Waals surface area contributed by atoms with E-state index in [9.17, 15) is 4.79 Å². The minimum Gasteiger partial charge on any atom is -0.475 e. The molecule has 3 heterocycles. The predicted molar refractivity (Wildman–Crippen MR) is 86.6 cm³/mol. The largest absolute Gasteiger partial charge is 0.475 e. The lowest BCUT2D eigenvalue weighted by Crippen LogP contribution is -2.39. The Labute approximate surface area is 137 Å². The molecule has 3 fully saturated rings. The van der Waals surface area contributed by atoms with Crippen molar-refractivity contribution in [2.45, 2.75) is 57.7 Å². The summed E-state index contributed by atoms with van der Waals surface area (Å²) in [6.45, 7) is 5.63. The minimum atomic E-state index is -0.162. The standard InChI is InChI=1S/C18H24N2O3/c1-13(2)23-15-4-3-14(11-19-15)20-10-9-17(16(20)21)5-7-18(8-6-17)12-22-18/h3-4,11,13H,5-10,12H2,1-2H3/t17-,18-. The normalized spacial score (nSPS) is 33.0. The molecule has 0 N–H and O–H groups in total. The third kappa shape index (κ3) is 2.61. The average molecular weight is 316 g/mol. The van der Waals surface area contributed by atoms with Gasteiger partial charge in [-0.05, 0) is 52.0 Å². The number of pyridine rings is 1. The summed E-state index contributed by atoms with van der Waals surface area (Å²) in [5, 5.41) is 0. The monoisotopic (exact) mass is 316 g/mol. The van der Waals surface area contributed by atoms with Gasteiger partial charge in [-0.15, -0.1) is 0 Å². The second kappa shape index (κ2) is 5.20.